The summed E-state index contributed by atoms with van der Waals surface area (Å²) < 4.78 is 0.902. The first-order chi connectivity index (χ1) is 6.65. The van der Waals surface area contributed by atoms with E-state index < -0.39 is 0 Å². The topological polar surface area (TPSA) is 29.1 Å². The lowest BCUT2D eigenvalue weighted by Gasteiger charge is -2.06. The fourth-order valence-electron chi connectivity index (χ4n) is 1.09. The van der Waals surface area contributed by atoms with Crippen molar-refractivity contribution >= 4 is 33.4 Å². The summed E-state index contributed by atoms with van der Waals surface area (Å²) in [7, 11) is 0. The highest BCUT2D eigenvalue weighted by molar-refractivity contribution is 9.10. The van der Waals surface area contributed by atoms with Crippen LogP contribution in [0.1, 0.15) is 15.9 Å². The van der Waals surface area contributed by atoms with Crippen LogP contribution in [0.25, 0.3) is 0 Å². The van der Waals surface area contributed by atoms with Gasteiger partial charge in [-0.15, -0.1) is 11.6 Å². The van der Waals surface area contributed by atoms with Gasteiger partial charge in [0.1, 0.15) is 0 Å². The van der Waals surface area contributed by atoms with Crippen molar-refractivity contribution < 1.29 is 4.79 Å². The Bertz CT molecular complexity index is 341. The molecule has 76 valence electrons. The van der Waals surface area contributed by atoms with Crippen molar-refractivity contribution in [2.24, 2.45) is 0 Å². The molecule has 1 aromatic carbocycles. The Balaban J connectivity index is 2.83. The molecule has 1 N–H and O–H groups in total. The highest BCUT2D eigenvalue weighted by Crippen LogP contribution is 2.15. The number of benzene rings is 1. The van der Waals surface area contributed by atoms with E-state index >= 15 is 0 Å². The molecule has 1 aromatic rings. The van der Waals surface area contributed by atoms with Crippen LogP contribution in [0.2, 0.25) is 0 Å². The minimum atomic E-state index is -0.0792. The number of alkyl halides is 1. The molecule has 2 nitrogen and oxygen atoms in total. The number of hydrogen-bond acceptors (Lipinski definition) is 1. The molecule has 1 rings (SSSR count). The van der Waals surface area contributed by atoms with E-state index in [0.717, 1.165) is 10.0 Å². The molecule has 0 fully saturated rings. The third-order valence-electron chi connectivity index (χ3n) is 1.82. The fraction of sp³-hybridized carbons (Fsp3) is 0.300. The maximum absolute atomic E-state index is 11.6. The number of carbonyl (C=O) groups is 1. The van der Waals surface area contributed by atoms with Crippen molar-refractivity contribution in [3.63, 3.8) is 0 Å². The van der Waals surface area contributed by atoms with Crippen LogP contribution in [-0.2, 0) is 0 Å². The molecular formula is C10H11BrClNO. The summed E-state index contributed by atoms with van der Waals surface area (Å²) >= 11 is 8.81. The van der Waals surface area contributed by atoms with Gasteiger partial charge in [-0.25, -0.2) is 0 Å². The highest BCUT2D eigenvalue weighted by atomic mass is 79.9. The molecule has 0 heterocycles. The van der Waals surface area contributed by atoms with E-state index in [0.29, 0.717) is 18.0 Å². The van der Waals surface area contributed by atoms with Crippen LogP contribution in [0.4, 0.5) is 0 Å². The number of rotatable bonds is 3. The minimum Gasteiger partial charge on any atom is -0.351 e. The normalized spacial score (nSPS) is 9.93. The summed E-state index contributed by atoms with van der Waals surface area (Å²) in [5, 5.41) is 2.72. The Kier molecular flexibility index (Phi) is 4.42. The molecule has 0 aliphatic rings. The van der Waals surface area contributed by atoms with Gasteiger partial charge in [0, 0.05) is 22.5 Å². The maximum atomic E-state index is 11.6. The first-order valence-electron chi connectivity index (χ1n) is 4.25. The number of carbonyl (C=O) groups excluding carboxylic acids is 1. The second kappa shape index (κ2) is 5.37. The number of aryl methyl sites for hydroxylation is 1. The van der Waals surface area contributed by atoms with E-state index in [4.69, 9.17) is 11.6 Å². The van der Waals surface area contributed by atoms with Crippen LogP contribution in [0.15, 0.2) is 22.7 Å². The Labute approximate surface area is 96.8 Å². The third-order valence-corrected chi connectivity index (χ3v) is 2.51. The Hall–Kier alpha value is -0.540. The van der Waals surface area contributed by atoms with Gasteiger partial charge in [-0.05, 0) is 24.6 Å². The zero-order valence-corrected chi connectivity index (χ0v) is 10.2. The Morgan fingerprint density at radius 3 is 2.93 bits per heavy atom. The molecule has 4 heteroatoms. The van der Waals surface area contributed by atoms with Gasteiger partial charge in [0.2, 0.25) is 0 Å². The van der Waals surface area contributed by atoms with Gasteiger partial charge in [-0.1, -0.05) is 22.0 Å². The quantitative estimate of drug-likeness (QED) is 0.845. The Morgan fingerprint density at radius 1 is 1.57 bits per heavy atom. The van der Waals surface area contributed by atoms with E-state index in [1.807, 2.05) is 19.1 Å². The van der Waals surface area contributed by atoms with E-state index in [1.54, 1.807) is 6.07 Å². The van der Waals surface area contributed by atoms with Crippen LogP contribution < -0.4 is 5.32 Å². The first-order valence-corrected chi connectivity index (χ1v) is 5.58. The second-order valence-electron chi connectivity index (χ2n) is 2.90. The molecule has 0 saturated heterocycles. The van der Waals surface area contributed by atoms with Crippen molar-refractivity contribution in [1.29, 1.82) is 0 Å². The molecule has 0 unspecified atom stereocenters. The van der Waals surface area contributed by atoms with Crippen molar-refractivity contribution in [2.75, 3.05) is 12.4 Å². The van der Waals surface area contributed by atoms with Gasteiger partial charge in [0.05, 0.1) is 0 Å². The van der Waals surface area contributed by atoms with Gasteiger partial charge < -0.3 is 5.32 Å². The summed E-state index contributed by atoms with van der Waals surface area (Å²) in [6.07, 6.45) is 0. The first kappa shape index (κ1) is 11.5. The summed E-state index contributed by atoms with van der Waals surface area (Å²) in [6.45, 7) is 2.40. The summed E-state index contributed by atoms with van der Waals surface area (Å²) in [4.78, 5) is 11.6. The van der Waals surface area contributed by atoms with Gasteiger partial charge in [-0.2, -0.15) is 0 Å². The van der Waals surface area contributed by atoms with E-state index in [2.05, 4.69) is 21.2 Å². The number of amides is 1. The zero-order valence-electron chi connectivity index (χ0n) is 7.81. The lowest BCUT2D eigenvalue weighted by atomic mass is 10.1. The fourth-order valence-corrected chi connectivity index (χ4v) is 1.55. The molecule has 1 amide bonds. The molecule has 0 saturated carbocycles. The van der Waals surface area contributed by atoms with Gasteiger partial charge in [0.15, 0.2) is 0 Å². The minimum absolute atomic E-state index is 0.0792. The monoisotopic (exact) mass is 275 g/mol. The molecular weight excluding hydrogens is 265 g/mol. The maximum Gasteiger partial charge on any atom is 0.251 e. The average molecular weight is 277 g/mol. The SMILES string of the molecule is Cc1ccc(Br)cc1C(=O)NCCCl. The lowest BCUT2D eigenvalue weighted by molar-refractivity contribution is 0.0955. The summed E-state index contributed by atoms with van der Waals surface area (Å²) in [5.74, 6) is 0.350. The van der Waals surface area contributed by atoms with Crippen LogP contribution in [0.3, 0.4) is 0 Å². The van der Waals surface area contributed by atoms with Crippen molar-refractivity contribution in [1.82, 2.24) is 5.32 Å². The highest BCUT2D eigenvalue weighted by Gasteiger charge is 2.07. The van der Waals surface area contributed by atoms with E-state index in [1.165, 1.54) is 0 Å². The molecule has 0 atom stereocenters. The smallest absolute Gasteiger partial charge is 0.251 e. The van der Waals surface area contributed by atoms with Crippen molar-refractivity contribution in [3.8, 4) is 0 Å². The largest absolute Gasteiger partial charge is 0.351 e. The number of nitrogens with one attached hydrogen (secondary N) is 1. The Morgan fingerprint density at radius 2 is 2.29 bits per heavy atom. The number of halogens is 2. The summed E-state index contributed by atoms with van der Waals surface area (Å²) in [5.41, 5.74) is 1.64. The third kappa shape index (κ3) is 3.00. The molecule has 0 aliphatic carbocycles. The zero-order chi connectivity index (χ0) is 10.6. The van der Waals surface area contributed by atoms with Crippen molar-refractivity contribution in [2.45, 2.75) is 6.92 Å². The van der Waals surface area contributed by atoms with Crippen LogP contribution in [0.5, 0.6) is 0 Å². The van der Waals surface area contributed by atoms with Crippen LogP contribution >= 0.6 is 27.5 Å². The predicted molar refractivity (Wildman–Crippen MR) is 61.9 cm³/mol. The predicted octanol–water partition coefficient (Wildman–Crippen LogP) is 2.73. The van der Waals surface area contributed by atoms with Crippen LogP contribution in [0, 0.1) is 6.92 Å². The molecule has 0 bridgehead atoms. The van der Waals surface area contributed by atoms with Gasteiger partial charge in [-0.3, -0.25) is 4.79 Å². The average Bonchev–Trinajstić information content (AvgIpc) is 2.18. The molecule has 0 aromatic heterocycles. The van der Waals surface area contributed by atoms with Crippen LogP contribution in [-0.4, -0.2) is 18.3 Å². The lowest BCUT2D eigenvalue weighted by Crippen LogP contribution is -2.25. The van der Waals surface area contributed by atoms with Crippen molar-refractivity contribution in [3.05, 3.63) is 33.8 Å². The molecule has 0 radical (unpaired) electrons. The molecule has 14 heavy (non-hydrogen) atoms. The summed E-state index contributed by atoms with van der Waals surface area (Å²) in [6, 6.07) is 5.62. The number of hydrogen-bond donors (Lipinski definition) is 1. The van der Waals surface area contributed by atoms with Gasteiger partial charge in [0.25, 0.3) is 5.91 Å². The van der Waals surface area contributed by atoms with Gasteiger partial charge >= 0.3 is 0 Å². The molecule has 0 spiro atoms. The standard InChI is InChI=1S/C10H11BrClNO/c1-7-2-3-8(11)6-9(7)10(14)13-5-4-12/h2-3,6H,4-5H2,1H3,(H,13,14). The second-order valence-corrected chi connectivity index (χ2v) is 4.20. The van der Waals surface area contributed by atoms with E-state index in [9.17, 15) is 4.79 Å². The van der Waals surface area contributed by atoms with E-state index in [-0.39, 0.29) is 5.91 Å². The molecule has 0 aliphatic heterocycles.